The minimum Gasteiger partial charge on any atom is -0.311 e. The summed E-state index contributed by atoms with van der Waals surface area (Å²) in [6, 6.07) is 1.48. The molecule has 0 aromatic heterocycles. The van der Waals surface area contributed by atoms with Gasteiger partial charge in [0.25, 0.3) is 0 Å². The molecule has 78 valence electrons. The SMILES string of the molecule is O=C(CC1CC2CCC(C1)N2)C1CC1. The Labute approximate surface area is 85.4 Å². The fourth-order valence-electron chi connectivity index (χ4n) is 3.20. The molecule has 0 radical (unpaired) electrons. The molecule has 2 heteroatoms. The maximum Gasteiger partial charge on any atom is 0.136 e. The van der Waals surface area contributed by atoms with Gasteiger partial charge in [-0.1, -0.05) is 0 Å². The van der Waals surface area contributed by atoms with Crippen molar-refractivity contribution in [3.63, 3.8) is 0 Å². The monoisotopic (exact) mass is 193 g/mol. The highest BCUT2D eigenvalue weighted by molar-refractivity contribution is 5.83. The molecular formula is C12H19NO. The lowest BCUT2D eigenvalue weighted by molar-refractivity contribution is -0.121. The van der Waals surface area contributed by atoms with Gasteiger partial charge < -0.3 is 5.32 Å². The van der Waals surface area contributed by atoms with E-state index in [2.05, 4.69) is 5.32 Å². The first-order chi connectivity index (χ1) is 6.81. The van der Waals surface area contributed by atoms with E-state index in [1.165, 1.54) is 38.5 Å². The van der Waals surface area contributed by atoms with Crippen molar-refractivity contribution >= 4 is 5.78 Å². The molecule has 3 rings (SSSR count). The molecule has 14 heavy (non-hydrogen) atoms. The molecule has 0 aromatic rings. The van der Waals surface area contributed by atoms with Gasteiger partial charge in [-0.25, -0.2) is 0 Å². The summed E-state index contributed by atoms with van der Waals surface area (Å²) in [5.41, 5.74) is 0. The number of rotatable bonds is 3. The van der Waals surface area contributed by atoms with Gasteiger partial charge in [0.15, 0.2) is 0 Å². The first-order valence-electron chi connectivity index (χ1n) is 6.10. The van der Waals surface area contributed by atoms with Crippen molar-refractivity contribution in [3.05, 3.63) is 0 Å². The van der Waals surface area contributed by atoms with E-state index in [1.807, 2.05) is 0 Å². The fraction of sp³-hybridized carbons (Fsp3) is 0.917. The van der Waals surface area contributed by atoms with Gasteiger partial charge in [0, 0.05) is 24.4 Å². The van der Waals surface area contributed by atoms with Crippen LogP contribution in [0.5, 0.6) is 0 Å². The number of carbonyl (C=O) groups excluding carboxylic acids is 1. The summed E-state index contributed by atoms with van der Waals surface area (Å²) >= 11 is 0. The smallest absolute Gasteiger partial charge is 0.136 e. The first kappa shape index (κ1) is 8.90. The highest BCUT2D eigenvalue weighted by Gasteiger charge is 2.36. The Hall–Kier alpha value is -0.370. The maximum absolute atomic E-state index is 11.7. The highest BCUT2D eigenvalue weighted by Crippen LogP contribution is 2.37. The number of ketones is 1. The topological polar surface area (TPSA) is 29.1 Å². The zero-order valence-electron chi connectivity index (χ0n) is 8.67. The number of hydrogen-bond acceptors (Lipinski definition) is 2. The molecule has 2 heterocycles. The molecule has 3 fully saturated rings. The van der Waals surface area contributed by atoms with Crippen molar-refractivity contribution in [3.8, 4) is 0 Å². The van der Waals surface area contributed by atoms with Crippen molar-refractivity contribution in [2.45, 2.75) is 57.0 Å². The van der Waals surface area contributed by atoms with Crippen LogP contribution in [0.3, 0.4) is 0 Å². The fourth-order valence-corrected chi connectivity index (χ4v) is 3.20. The molecule has 1 aliphatic carbocycles. The van der Waals surface area contributed by atoms with Crippen LogP contribution in [0.2, 0.25) is 0 Å². The lowest BCUT2D eigenvalue weighted by Gasteiger charge is -2.28. The predicted molar refractivity (Wildman–Crippen MR) is 55.0 cm³/mol. The number of piperidine rings is 1. The molecule has 0 amide bonds. The summed E-state index contributed by atoms with van der Waals surface area (Å²) in [6.45, 7) is 0. The second-order valence-corrected chi connectivity index (χ2v) is 5.42. The molecule has 1 N–H and O–H groups in total. The molecule has 2 saturated heterocycles. The van der Waals surface area contributed by atoms with Crippen LogP contribution in [0.4, 0.5) is 0 Å². The van der Waals surface area contributed by atoms with Gasteiger partial charge in [0.1, 0.15) is 5.78 Å². The Kier molecular flexibility index (Phi) is 2.12. The van der Waals surface area contributed by atoms with Gasteiger partial charge in [-0.2, -0.15) is 0 Å². The van der Waals surface area contributed by atoms with Crippen LogP contribution >= 0.6 is 0 Å². The van der Waals surface area contributed by atoms with Gasteiger partial charge in [-0.15, -0.1) is 0 Å². The van der Waals surface area contributed by atoms with Crippen LogP contribution in [0.25, 0.3) is 0 Å². The van der Waals surface area contributed by atoms with Crippen molar-refractivity contribution in [2.24, 2.45) is 11.8 Å². The Balaban J connectivity index is 1.55. The Morgan fingerprint density at radius 1 is 1.07 bits per heavy atom. The maximum atomic E-state index is 11.7. The summed E-state index contributed by atoms with van der Waals surface area (Å²) in [4.78, 5) is 11.7. The normalized spacial score (nSPS) is 41.3. The minimum absolute atomic E-state index is 0.475. The summed E-state index contributed by atoms with van der Waals surface area (Å²) in [6.07, 6.45) is 8.45. The van der Waals surface area contributed by atoms with Crippen LogP contribution in [0.1, 0.15) is 44.9 Å². The van der Waals surface area contributed by atoms with Crippen molar-refractivity contribution < 1.29 is 4.79 Å². The van der Waals surface area contributed by atoms with E-state index in [0.29, 0.717) is 17.6 Å². The van der Waals surface area contributed by atoms with Crippen LogP contribution in [-0.4, -0.2) is 17.9 Å². The molecule has 2 bridgehead atoms. The second kappa shape index (κ2) is 3.34. The third-order valence-electron chi connectivity index (χ3n) is 4.09. The number of hydrogen-bond donors (Lipinski definition) is 1. The zero-order chi connectivity index (χ0) is 9.54. The predicted octanol–water partition coefficient (Wildman–Crippen LogP) is 1.89. The van der Waals surface area contributed by atoms with E-state index in [-0.39, 0.29) is 0 Å². The van der Waals surface area contributed by atoms with E-state index < -0.39 is 0 Å². The average molecular weight is 193 g/mol. The molecule has 2 unspecified atom stereocenters. The molecular weight excluding hydrogens is 174 g/mol. The summed E-state index contributed by atoms with van der Waals surface area (Å²) < 4.78 is 0. The number of nitrogens with one attached hydrogen (secondary N) is 1. The van der Waals surface area contributed by atoms with Gasteiger partial charge >= 0.3 is 0 Å². The van der Waals surface area contributed by atoms with Crippen LogP contribution < -0.4 is 5.32 Å². The van der Waals surface area contributed by atoms with Gasteiger partial charge in [-0.05, 0) is 44.4 Å². The quantitative estimate of drug-likeness (QED) is 0.741. The lowest BCUT2D eigenvalue weighted by Crippen LogP contribution is -2.38. The molecule has 2 aliphatic heterocycles. The standard InChI is InChI=1S/C12H19NO/c14-12(9-1-2-9)7-8-5-10-3-4-11(6-8)13-10/h8-11,13H,1-7H2. The van der Waals surface area contributed by atoms with E-state index in [4.69, 9.17) is 0 Å². The highest BCUT2D eigenvalue weighted by atomic mass is 16.1. The van der Waals surface area contributed by atoms with E-state index in [0.717, 1.165) is 18.5 Å². The average Bonchev–Trinajstić information content (AvgIpc) is 2.94. The molecule has 0 spiro atoms. The first-order valence-corrected chi connectivity index (χ1v) is 6.10. The minimum atomic E-state index is 0.475. The Morgan fingerprint density at radius 2 is 1.71 bits per heavy atom. The van der Waals surface area contributed by atoms with E-state index in [9.17, 15) is 4.79 Å². The van der Waals surface area contributed by atoms with Crippen LogP contribution in [-0.2, 0) is 4.79 Å². The van der Waals surface area contributed by atoms with Crippen molar-refractivity contribution in [1.82, 2.24) is 5.32 Å². The van der Waals surface area contributed by atoms with E-state index >= 15 is 0 Å². The molecule has 2 nitrogen and oxygen atoms in total. The molecule has 3 aliphatic rings. The largest absolute Gasteiger partial charge is 0.311 e. The molecule has 2 atom stereocenters. The van der Waals surface area contributed by atoms with Gasteiger partial charge in [0.2, 0.25) is 0 Å². The van der Waals surface area contributed by atoms with E-state index in [1.54, 1.807) is 0 Å². The van der Waals surface area contributed by atoms with Crippen molar-refractivity contribution in [1.29, 1.82) is 0 Å². The Morgan fingerprint density at radius 3 is 2.29 bits per heavy atom. The second-order valence-electron chi connectivity index (χ2n) is 5.42. The Bertz CT molecular complexity index is 235. The lowest BCUT2D eigenvalue weighted by atomic mass is 9.87. The van der Waals surface area contributed by atoms with Gasteiger partial charge in [-0.3, -0.25) is 4.79 Å². The van der Waals surface area contributed by atoms with Gasteiger partial charge in [0.05, 0.1) is 0 Å². The number of carbonyl (C=O) groups is 1. The molecule has 0 aromatic carbocycles. The van der Waals surface area contributed by atoms with Crippen molar-refractivity contribution in [2.75, 3.05) is 0 Å². The number of fused-ring (bicyclic) bond motifs is 2. The molecule has 1 saturated carbocycles. The zero-order valence-corrected chi connectivity index (χ0v) is 8.67. The van der Waals surface area contributed by atoms with Crippen LogP contribution in [0.15, 0.2) is 0 Å². The summed E-state index contributed by atoms with van der Waals surface area (Å²) in [7, 11) is 0. The third-order valence-corrected chi connectivity index (χ3v) is 4.09. The number of Topliss-reactive ketones (excluding diaryl/α,β-unsaturated/α-hetero) is 1. The van der Waals surface area contributed by atoms with Crippen LogP contribution in [0, 0.1) is 11.8 Å². The summed E-state index contributed by atoms with van der Waals surface area (Å²) in [5, 5.41) is 3.63. The third kappa shape index (κ3) is 1.72. The summed E-state index contributed by atoms with van der Waals surface area (Å²) in [5.74, 6) is 1.75.